The van der Waals surface area contributed by atoms with Gasteiger partial charge in [0.1, 0.15) is 17.3 Å². The highest BCUT2D eigenvalue weighted by Crippen LogP contribution is 2.34. The molecule has 2 rings (SSSR count). The van der Waals surface area contributed by atoms with Crippen molar-refractivity contribution < 1.29 is 4.74 Å². The molecule has 1 aromatic carbocycles. The Morgan fingerprint density at radius 3 is 2.37 bits per heavy atom. The molecule has 0 spiro atoms. The van der Waals surface area contributed by atoms with E-state index < -0.39 is 0 Å². The van der Waals surface area contributed by atoms with Crippen molar-refractivity contribution in [1.29, 1.82) is 0 Å². The van der Waals surface area contributed by atoms with Crippen LogP contribution in [0.2, 0.25) is 0 Å². The van der Waals surface area contributed by atoms with Crippen LogP contribution in [0.15, 0.2) is 12.1 Å². The van der Waals surface area contributed by atoms with Gasteiger partial charge in [-0.1, -0.05) is 0 Å². The zero-order valence-electron chi connectivity index (χ0n) is 11.9. The molecule has 2 aromatic rings. The Labute approximate surface area is 113 Å². The second-order valence-electron chi connectivity index (χ2n) is 4.44. The lowest BCUT2D eigenvalue weighted by atomic mass is 10.0. The maximum atomic E-state index is 5.44. The third kappa shape index (κ3) is 2.50. The van der Waals surface area contributed by atoms with Crippen LogP contribution in [0.25, 0.3) is 11.3 Å². The van der Waals surface area contributed by atoms with Crippen molar-refractivity contribution in [3.63, 3.8) is 0 Å². The molecular formula is C14H18N4O. The number of aromatic nitrogens is 3. The lowest BCUT2D eigenvalue weighted by Crippen LogP contribution is -2.04. The van der Waals surface area contributed by atoms with Gasteiger partial charge in [0.15, 0.2) is 5.82 Å². The van der Waals surface area contributed by atoms with Crippen LogP contribution in [0.1, 0.15) is 17.0 Å². The molecule has 0 saturated carbocycles. The number of rotatable bonds is 3. The number of anilines is 1. The van der Waals surface area contributed by atoms with Crippen LogP contribution in [0, 0.1) is 20.8 Å². The molecule has 100 valence electrons. The topological polar surface area (TPSA) is 59.9 Å². The molecule has 5 nitrogen and oxygen atoms in total. The van der Waals surface area contributed by atoms with E-state index in [1.165, 1.54) is 11.1 Å². The molecule has 0 radical (unpaired) electrons. The molecule has 0 aliphatic rings. The molecule has 1 aromatic heterocycles. The van der Waals surface area contributed by atoms with Crippen LogP contribution in [0.3, 0.4) is 0 Å². The van der Waals surface area contributed by atoms with Gasteiger partial charge in [-0.15, -0.1) is 10.2 Å². The van der Waals surface area contributed by atoms with Gasteiger partial charge in [-0.25, -0.2) is 4.98 Å². The fourth-order valence-corrected chi connectivity index (χ4v) is 1.91. The van der Waals surface area contributed by atoms with Gasteiger partial charge in [-0.2, -0.15) is 0 Å². The van der Waals surface area contributed by atoms with Crippen molar-refractivity contribution in [2.45, 2.75) is 20.8 Å². The van der Waals surface area contributed by atoms with E-state index >= 15 is 0 Å². The zero-order valence-corrected chi connectivity index (χ0v) is 11.9. The minimum atomic E-state index is 0.635. The fourth-order valence-electron chi connectivity index (χ4n) is 1.91. The summed E-state index contributed by atoms with van der Waals surface area (Å²) < 4.78 is 5.44. The van der Waals surface area contributed by atoms with E-state index in [0.29, 0.717) is 17.3 Å². The normalized spacial score (nSPS) is 10.4. The number of benzene rings is 1. The Balaban J connectivity index is 2.67. The standard InChI is InChI=1S/C14H18N4O/c1-8-6-11(12(19-5)7-9(8)2)13-14(15-4)16-10(3)17-18-13/h6-7H,1-5H3,(H,15,16,17). The van der Waals surface area contributed by atoms with E-state index in [4.69, 9.17) is 4.74 Å². The van der Waals surface area contributed by atoms with E-state index in [-0.39, 0.29) is 0 Å². The summed E-state index contributed by atoms with van der Waals surface area (Å²) in [5.41, 5.74) is 3.96. The maximum absolute atomic E-state index is 5.44. The van der Waals surface area contributed by atoms with Gasteiger partial charge in [-0.3, -0.25) is 0 Å². The summed E-state index contributed by atoms with van der Waals surface area (Å²) in [4.78, 5) is 4.36. The second-order valence-corrected chi connectivity index (χ2v) is 4.44. The molecular weight excluding hydrogens is 240 g/mol. The van der Waals surface area contributed by atoms with Gasteiger partial charge in [0.2, 0.25) is 0 Å². The quantitative estimate of drug-likeness (QED) is 0.916. The molecule has 1 N–H and O–H groups in total. The van der Waals surface area contributed by atoms with Crippen molar-refractivity contribution in [3.05, 3.63) is 29.1 Å². The predicted molar refractivity (Wildman–Crippen MR) is 75.6 cm³/mol. The van der Waals surface area contributed by atoms with Crippen molar-refractivity contribution in [2.75, 3.05) is 19.5 Å². The Morgan fingerprint density at radius 1 is 1.05 bits per heavy atom. The van der Waals surface area contributed by atoms with Crippen molar-refractivity contribution in [2.24, 2.45) is 0 Å². The van der Waals surface area contributed by atoms with Crippen molar-refractivity contribution in [1.82, 2.24) is 15.2 Å². The number of hydrogen-bond donors (Lipinski definition) is 1. The third-order valence-electron chi connectivity index (χ3n) is 3.10. The fraction of sp³-hybridized carbons (Fsp3) is 0.357. The van der Waals surface area contributed by atoms with Crippen molar-refractivity contribution >= 4 is 5.82 Å². The van der Waals surface area contributed by atoms with Gasteiger partial charge in [0, 0.05) is 12.6 Å². The smallest absolute Gasteiger partial charge is 0.156 e. The lowest BCUT2D eigenvalue weighted by Gasteiger charge is -2.13. The Kier molecular flexibility index (Phi) is 3.64. The van der Waals surface area contributed by atoms with Gasteiger partial charge < -0.3 is 10.1 Å². The Hall–Kier alpha value is -2.17. The molecule has 0 fully saturated rings. The summed E-state index contributed by atoms with van der Waals surface area (Å²) in [5.74, 6) is 2.12. The van der Waals surface area contributed by atoms with Crippen LogP contribution in [-0.4, -0.2) is 29.3 Å². The molecule has 0 saturated heterocycles. The summed E-state index contributed by atoms with van der Waals surface area (Å²) in [6.07, 6.45) is 0. The SMILES string of the molecule is CNc1nc(C)nnc1-c1cc(C)c(C)cc1OC. The van der Waals surface area contributed by atoms with E-state index in [0.717, 1.165) is 11.3 Å². The predicted octanol–water partition coefficient (Wildman–Crippen LogP) is 2.51. The number of aryl methyl sites for hydroxylation is 3. The van der Waals surface area contributed by atoms with Gasteiger partial charge in [0.05, 0.1) is 7.11 Å². The molecule has 0 atom stereocenters. The van der Waals surface area contributed by atoms with Gasteiger partial charge >= 0.3 is 0 Å². The number of hydrogen-bond acceptors (Lipinski definition) is 5. The highest BCUT2D eigenvalue weighted by Gasteiger charge is 2.15. The molecule has 19 heavy (non-hydrogen) atoms. The van der Waals surface area contributed by atoms with E-state index in [1.54, 1.807) is 7.11 Å². The summed E-state index contributed by atoms with van der Waals surface area (Å²) in [6, 6.07) is 4.06. The highest BCUT2D eigenvalue weighted by atomic mass is 16.5. The summed E-state index contributed by atoms with van der Waals surface area (Å²) in [5, 5.41) is 11.3. The molecule has 0 bridgehead atoms. The monoisotopic (exact) mass is 258 g/mol. The largest absolute Gasteiger partial charge is 0.496 e. The number of ether oxygens (including phenoxy) is 1. The van der Waals surface area contributed by atoms with Crippen LogP contribution in [0.4, 0.5) is 5.82 Å². The Morgan fingerprint density at radius 2 is 1.74 bits per heavy atom. The lowest BCUT2D eigenvalue weighted by molar-refractivity contribution is 0.416. The first-order valence-corrected chi connectivity index (χ1v) is 6.11. The minimum absolute atomic E-state index is 0.635. The number of nitrogens with one attached hydrogen (secondary N) is 1. The van der Waals surface area contributed by atoms with Gasteiger partial charge in [-0.05, 0) is 44.0 Å². The zero-order chi connectivity index (χ0) is 14.0. The van der Waals surface area contributed by atoms with Crippen LogP contribution in [0.5, 0.6) is 5.75 Å². The summed E-state index contributed by atoms with van der Waals surface area (Å²) in [7, 11) is 3.47. The number of nitrogens with zero attached hydrogens (tertiary/aromatic N) is 3. The van der Waals surface area contributed by atoms with Crippen molar-refractivity contribution in [3.8, 4) is 17.0 Å². The molecule has 0 aliphatic carbocycles. The first kappa shape index (κ1) is 13.3. The highest BCUT2D eigenvalue weighted by molar-refractivity contribution is 5.76. The molecule has 0 unspecified atom stereocenters. The summed E-state index contributed by atoms with van der Waals surface area (Å²) in [6.45, 7) is 5.93. The van der Waals surface area contributed by atoms with Crippen LogP contribution < -0.4 is 10.1 Å². The average Bonchev–Trinajstić information content (AvgIpc) is 2.41. The van der Waals surface area contributed by atoms with E-state index in [2.05, 4.69) is 40.4 Å². The maximum Gasteiger partial charge on any atom is 0.156 e. The molecule has 0 amide bonds. The van der Waals surface area contributed by atoms with Crippen LogP contribution in [-0.2, 0) is 0 Å². The van der Waals surface area contributed by atoms with E-state index in [9.17, 15) is 0 Å². The molecule has 0 aliphatic heterocycles. The second kappa shape index (κ2) is 5.22. The third-order valence-corrected chi connectivity index (χ3v) is 3.10. The number of methoxy groups -OCH3 is 1. The van der Waals surface area contributed by atoms with E-state index in [1.807, 2.05) is 20.0 Å². The first-order valence-electron chi connectivity index (χ1n) is 6.11. The Bertz CT molecular complexity index is 611. The summed E-state index contributed by atoms with van der Waals surface area (Å²) >= 11 is 0. The average molecular weight is 258 g/mol. The minimum Gasteiger partial charge on any atom is -0.496 e. The van der Waals surface area contributed by atoms with Gasteiger partial charge in [0.25, 0.3) is 0 Å². The molecule has 1 heterocycles. The first-order chi connectivity index (χ1) is 9.06. The molecule has 5 heteroatoms. The van der Waals surface area contributed by atoms with Crippen LogP contribution >= 0.6 is 0 Å².